The molecule has 0 N–H and O–H groups in total. The first-order chi connectivity index (χ1) is 15.8. The van der Waals surface area contributed by atoms with E-state index in [1.165, 1.54) is 44.1 Å². The van der Waals surface area contributed by atoms with Crippen LogP contribution in [0.1, 0.15) is 98.8 Å². The molecule has 178 valence electrons. The zero-order valence-electron chi connectivity index (χ0n) is 22.9. The lowest BCUT2D eigenvalue weighted by Crippen LogP contribution is -2.66. The van der Waals surface area contributed by atoms with E-state index in [9.17, 15) is 0 Å². The molecule has 2 atom stereocenters. The predicted molar refractivity (Wildman–Crippen MR) is 144 cm³/mol. The average molecular weight is 454 g/mol. The molecule has 2 unspecified atom stereocenters. The van der Waals surface area contributed by atoms with Gasteiger partial charge in [0.1, 0.15) is 5.54 Å². The molecule has 0 saturated carbocycles. The van der Waals surface area contributed by atoms with Crippen molar-refractivity contribution in [2.75, 3.05) is 0 Å². The van der Waals surface area contributed by atoms with Crippen molar-refractivity contribution in [2.24, 2.45) is 5.41 Å². The molecule has 0 amide bonds. The Bertz CT molecular complexity index is 1530. The Morgan fingerprint density at radius 1 is 0.765 bits per heavy atom. The molecule has 0 fully saturated rings. The van der Waals surface area contributed by atoms with Crippen LogP contribution in [-0.2, 0) is 21.8 Å². The molecule has 0 saturated heterocycles. The summed E-state index contributed by atoms with van der Waals surface area (Å²) in [7, 11) is 0. The van der Waals surface area contributed by atoms with Gasteiger partial charge in [-0.05, 0) is 76.3 Å². The smallest absolute Gasteiger partial charge is 0.216 e. The van der Waals surface area contributed by atoms with Gasteiger partial charge in [0.25, 0.3) is 5.65 Å². The van der Waals surface area contributed by atoms with E-state index >= 15 is 0 Å². The van der Waals surface area contributed by atoms with Gasteiger partial charge in [-0.15, -0.1) is 0 Å². The minimum atomic E-state index is -0.0145. The highest BCUT2D eigenvalue weighted by molar-refractivity contribution is 5.99. The first kappa shape index (κ1) is 22.1. The van der Waals surface area contributed by atoms with Crippen molar-refractivity contribution in [3.8, 4) is 0 Å². The van der Waals surface area contributed by atoms with Crippen LogP contribution in [0.3, 0.4) is 0 Å². The summed E-state index contributed by atoms with van der Waals surface area (Å²) in [6.07, 6.45) is 4.53. The Morgan fingerprint density at radius 2 is 1.41 bits per heavy atom. The summed E-state index contributed by atoms with van der Waals surface area (Å²) in [5.74, 6) is 0. The molecule has 0 bridgehead atoms. The Kier molecular flexibility index (Phi) is 3.95. The molecular formula is C32H41N2+. The molecule has 6 rings (SSSR count). The third-order valence-corrected chi connectivity index (χ3v) is 11.9. The van der Waals surface area contributed by atoms with E-state index in [1.807, 2.05) is 0 Å². The molecular weight excluding hydrogens is 412 g/mol. The van der Waals surface area contributed by atoms with Crippen molar-refractivity contribution >= 4 is 27.5 Å². The van der Waals surface area contributed by atoms with E-state index in [4.69, 9.17) is 0 Å². The van der Waals surface area contributed by atoms with Crippen LogP contribution in [0.5, 0.6) is 0 Å². The number of pyridine rings is 1. The van der Waals surface area contributed by atoms with Crippen molar-refractivity contribution < 1.29 is 4.57 Å². The molecule has 2 aliphatic rings. The van der Waals surface area contributed by atoms with Crippen molar-refractivity contribution in [2.45, 2.75) is 104 Å². The van der Waals surface area contributed by atoms with Crippen LogP contribution < -0.4 is 4.57 Å². The first-order valence-electron chi connectivity index (χ1n) is 13.3. The summed E-state index contributed by atoms with van der Waals surface area (Å²) in [5, 5.41) is 2.80. The van der Waals surface area contributed by atoms with Crippen LogP contribution in [0.25, 0.3) is 27.5 Å². The van der Waals surface area contributed by atoms with Crippen LogP contribution in [0.4, 0.5) is 0 Å². The van der Waals surface area contributed by atoms with E-state index < -0.39 is 0 Å². The number of rotatable bonds is 2. The minimum absolute atomic E-state index is 0.0145. The maximum absolute atomic E-state index is 2.75. The predicted octanol–water partition coefficient (Wildman–Crippen LogP) is 7.93. The van der Waals surface area contributed by atoms with Crippen LogP contribution in [0, 0.1) is 5.41 Å². The summed E-state index contributed by atoms with van der Waals surface area (Å²) in [6, 6.07) is 14.4. The van der Waals surface area contributed by atoms with Gasteiger partial charge in [0.2, 0.25) is 0 Å². The highest BCUT2D eigenvalue weighted by Crippen LogP contribution is 2.62. The van der Waals surface area contributed by atoms with Gasteiger partial charge in [-0.3, -0.25) is 0 Å². The maximum atomic E-state index is 2.75. The van der Waals surface area contributed by atoms with Gasteiger partial charge < -0.3 is 0 Å². The van der Waals surface area contributed by atoms with Crippen LogP contribution in [0.15, 0.2) is 42.6 Å². The lowest BCUT2D eigenvalue weighted by molar-refractivity contribution is -0.728. The number of nitrogens with zero attached hydrogens (tertiary/aromatic N) is 2. The number of fused-ring (bicyclic) bond motifs is 4. The second kappa shape index (κ2) is 6.07. The third-order valence-electron chi connectivity index (χ3n) is 11.9. The number of imidazole rings is 1. The van der Waals surface area contributed by atoms with Gasteiger partial charge in [-0.2, -0.15) is 4.40 Å². The quantitative estimate of drug-likeness (QED) is 0.272. The molecule has 0 radical (unpaired) electrons. The van der Waals surface area contributed by atoms with Crippen LogP contribution >= 0.6 is 0 Å². The number of hydrogen-bond donors (Lipinski definition) is 0. The van der Waals surface area contributed by atoms with Gasteiger partial charge in [-0.1, -0.05) is 80.5 Å². The first-order valence-corrected chi connectivity index (χ1v) is 13.3. The molecule has 2 aromatic heterocycles. The zero-order chi connectivity index (χ0) is 24.6. The molecule has 2 heteroatoms. The minimum Gasteiger partial charge on any atom is -0.216 e. The Hall–Kier alpha value is -2.35. The van der Waals surface area contributed by atoms with E-state index in [2.05, 4.69) is 121 Å². The summed E-state index contributed by atoms with van der Waals surface area (Å²) in [4.78, 5) is 0. The molecule has 2 aromatic carbocycles. The average Bonchev–Trinajstić information content (AvgIpc) is 3.19. The lowest BCUT2D eigenvalue weighted by atomic mass is 9.59. The Labute approximate surface area is 205 Å². The fourth-order valence-corrected chi connectivity index (χ4v) is 7.89. The van der Waals surface area contributed by atoms with E-state index in [0.717, 1.165) is 12.8 Å². The summed E-state index contributed by atoms with van der Waals surface area (Å²) in [5.41, 5.74) is 9.09. The monoisotopic (exact) mass is 453 g/mol. The fraction of sp³-hybridized carbons (Fsp3) is 0.531. The van der Waals surface area contributed by atoms with Crippen molar-refractivity contribution in [3.63, 3.8) is 0 Å². The standard InChI is InChI=1S/C32H41N2/c1-11-31(9)21-15-13-14-20-16-17-33-24-18-22-23(29(5,6)30(7,8)28(22,3)4)19-25(24)34(27(33)26(20)21)32(31,10)12-2/h13-19H,11-12H2,1-10H3/q+1. The highest BCUT2D eigenvalue weighted by atomic mass is 15.2. The molecule has 3 heterocycles. The van der Waals surface area contributed by atoms with Gasteiger partial charge in [0.15, 0.2) is 11.0 Å². The normalized spacial score (nSPS) is 28.3. The molecule has 0 spiro atoms. The van der Waals surface area contributed by atoms with Gasteiger partial charge in [0, 0.05) is 5.41 Å². The Morgan fingerprint density at radius 3 is 2.03 bits per heavy atom. The van der Waals surface area contributed by atoms with E-state index in [1.54, 1.807) is 0 Å². The van der Waals surface area contributed by atoms with Crippen molar-refractivity contribution in [3.05, 3.63) is 59.3 Å². The molecule has 2 nitrogen and oxygen atoms in total. The number of hydrogen-bond acceptors (Lipinski definition) is 0. The van der Waals surface area contributed by atoms with Crippen molar-refractivity contribution in [1.82, 2.24) is 4.40 Å². The second-order valence-corrected chi connectivity index (χ2v) is 13.2. The molecule has 4 aromatic rings. The highest BCUT2D eigenvalue weighted by Gasteiger charge is 2.59. The second-order valence-electron chi connectivity index (χ2n) is 13.2. The van der Waals surface area contributed by atoms with Gasteiger partial charge in [-0.25, -0.2) is 4.57 Å². The number of benzene rings is 2. The largest absolute Gasteiger partial charge is 0.295 e. The molecule has 34 heavy (non-hydrogen) atoms. The summed E-state index contributed by atoms with van der Waals surface area (Å²) >= 11 is 0. The fourth-order valence-electron chi connectivity index (χ4n) is 7.89. The van der Waals surface area contributed by atoms with Crippen LogP contribution in [0.2, 0.25) is 0 Å². The number of aromatic nitrogens is 2. The van der Waals surface area contributed by atoms with Crippen molar-refractivity contribution in [1.29, 1.82) is 0 Å². The van der Waals surface area contributed by atoms with Gasteiger partial charge in [0.05, 0.1) is 11.6 Å². The molecule has 1 aliphatic heterocycles. The van der Waals surface area contributed by atoms with E-state index in [-0.39, 0.29) is 27.2 Å². The molecule has 1 aliphatic carbocycles. The summed E-state index contributed by atoms with van der Waals surface area (Å²) < 4.78 is 5.24. The van der Waals surface area contributed by atoms with Gasteiger partial charge >= 0.3 is 0 Å². The lowest BCUT2D eigenvalue weighted by Gasteiger charge is -2.46. The van der Waals surface area contributed by atoms with Crippen LogP contribution in [-0.4, -0.2) is 4.40 Å². The maximum Gasteiger partial charge on any atom is 0.295 e. The van der Waals surface area contributed by atoms with E-state index in [0.29, 0.717) is 0 Å². The topological polar surface area (TPSA) is 8.29 Å². The Balaban J connectivity index is 1.89. The third kappa shape index (κ3) is 2.02. The SMILES string of the molecule is CCC1(C)c2cccc3ccn4c5cc6c(cc5[n+](c4c23)C1(C)CC)C(C)(C)C(C)(C)C6(C)C. The zero-order valence-corrected chi connectivity index (χ0v) is 22.9. The summed E-state index contributed by atoms with van der Waals surface area (Å²) in [6.45, 7) is 24.5.